The van der Waals surface area contributed by atoms with Gasteiger partial charge in [0, 0.05) is 5.75 Å². The Bertz CT molecular complexity index is 172. The van der Waals surface area contributed by atoms with Gasteiger partial charge in [-0.3, -0.25) is 4.79 Å². The minimum atomic E-state index is -2.88. The summed E-state index contributed by atoms with van der Waals surface area (Å²) < 4.78 is 29.7. The smallest absolute Gasteiger partial charge is 0.315 e. The van der Waals surface area contributed by atoms with Crippen LogP contribution in [-0.4, -0.2) is 30.5 Å². The SMILES string of the molecule is COC(=O)C1CSCC1(F)F. The summed E-state index contributed by atoms with van der Waals surface area (Å²) in [6, 6.07) is 0. The van der Waals surface area contributed by atoms with Crippen molar-refractivity contribution in [1.29, 1.82) is 0 Å². The van der Waals surface area contributed by atoms with E-state index in [-0.39, 0.29) is 11.5 Å². The molecule has 1 rings (SSSR count). The molecule has 1 atom stereocenters. The molecule has 0 aliphatic carbocycles. The first kappa shape index (κ1) is 8.77. The first-order valence-electron chi connectivity index (χ1n) is 3.11. The fourth-order valence-electron chi connectivity index (χ4n) is 0.918. The fourth-order valence-corrected chi connectivity index (χ4v) is 2.12. The number of methoxy groups -OCH3 is 1. The Labute approximate surface area is 67.3 Å². The van der Waals surface area contributed by atoms with Gasteiger partial charge in [0.1, 0.15) is 5.92 Å². The maximum atomic E-state index is 12.7. The van der Waals surface area contributed by atoms with Gasteiger partial charge in [-0.2, -0.15) is 11.8 Å². The molecule has 0 spiro atoms. The van der Waals surface area contributed by atoms with Crippen LogP contribution in [0.4, 0.5) is 8.78 Å². The summed E-state index contributed by atoms with van der Waals surface area (Å²) in [6.45, 7) is 0. The molecule has 0 bridgehead atoms. The van der Waals surface area contributed by atoms with E-state index >= 15 is 0 Å². The molecule has 64 valence electrons. The van der Waals surface area contributed by atoms with Crippen molar-refractivity contribution in [2.45, 2.75) is 5.92 Å². The van der Waals surface area contributed by atoms with Crippen LogP contribution in [0.15, 0.2) is 0 Å². The molecule has 5 heteroatoms. The highest BCUT2D eigenvalue weighted by Gasteiger charge is 2.49. The Morgan fingerprint density at radius 1 is 1.73 bits per heavy atom. The van der Waals surface area contributed by atoms with E-state index in [0.29, 0.717) is 0 Å². The largest absolute Gasteiger partial charge is 0.469 e. The van der Waals surface area contributed by atoms with Crippen LogP contribution in [0.25, 0.3) is 0 Å². The zero-order valence-electron chi connectivity index (χ0n) is 5.97. The molecule has 1 saturated heterocycles. The lowest BCUT2D eigenvalue weighted by atomic mass is 10.1. The van der Waals surface area contributed by atoms with Crippen LogP contribution in [0.2, 0.25) is 0 Å². The van der Waals surface area contributed by atoms with E-state index in [9.17, 15) is 13.6 Å². The Morgan fingerprint density at radius 2 is 2.36 bits per heavy atom. The van der Waals surface area contributed by atoms with Crippen molar-refractivity contribution >= 4 is 17.7 Å². The van der Waals surface area contributed by atoms with Crippen LogP contribution in [0.3, 0.4) is 0 Å². The van der Waals surface area contributed by atoms with Crippen molar-refractivity contribution < 1.29 is 18.3 Å². The molecule has 0 saturated carbocycles. The minimum Gasteiger partial charge on any atom is -0.469 e. The molecule has 1 heterocycles. The van der Waals surface area contributed by atoms with Gasteiger partial charge < -0.3 is 4.74 Å². The molecule has 1 aliphatic heterocycles. The van der Waals surface area contributed by atoms with Crippen molar-refractivity contribution in [3.63, 3.8) is 0 Å². The van der Waals surface area contributed by atoms with Gasteiger partial charge in [-0.15, -0.1) is 0 Å². The van der Waals surface area contributed by atoms with E-state index in [1.54, 1.807) is 0 Å². The fraction of sp³-hybridized carbons (Fsp3) is 0.833. The minimum absolute atomic E-state index is 0.166. The van der Waals surface area contributed by atoms with Crippen LogP contribution in [0.5, 0.6) is 0 Å². The monoisotopic (exact) mass is 182 g/mol. The van der Waals surface area contributed by atoms with E-state index in [4.69, 9.17) is 0 Å². The molecule has 0 N–H and O–H groups in total. The van der Waals surface area contributed by atoms with E-state index in [1.807, 2.05) is 0 Å². The van der Waals surface area contributed by atoms with Crippen molar-refractivity contribution in [3.8, 4) is 0 Å². The van der Waals surface area contributed by atoms with E-state index in [2.05, 4.69) is 4.74 Å². The van der Waals surface area contributed by atoms with Gasteiger partial charge in [0.2, 0.25) is 0 Å². The van der Waals surface area contributed by atoms with Crippen LogP contribution in [-0.2, 0) is 9.53 Å². The molecule has 0 radical (unpaired) electrons. The molecule has 0 aromatic carbocycles. The third-order valence-electron chi connectivity index (χ3n) is 1.57. The highest BCUT2D eigenvalue weighted by Crippen LogP contribution is 2.38. The van der Waals surface area contributed by atoms with Gasteiger partial charge in [0.25, 0.3) is 5.92 Å². The molecule has 11 heavy (non-hydrogen) atoms. The Kier molecular flexibility index (Phi) is 2.37. The van der Waals surface area contributed by atoms with E-state index < -0.39 is 17.8 Å². The number of ether oxygens (including phenoxy) is 1. The molecular formula is C6H8F2O2S. The number of thioether (sulfide) groups is 1. The van der Waals surface area contributed by atoms with Gasteiger partial charge in [-0.05, 0) is 0 Å². The molecule has 1 unspecified atom stereocenters. The lowest BCUT2D eigenvalue weighted by molar-refractivity contribution is -0.155. The number of hydrogen-bond donors (Lipinski definition) is 0. The Morgan fingerprint density at radius 3 is 2.73 bits per heavy atom. The summed E-state index contributed by atoms with van der Waals surface area (Å²) in [6.07, 6.45) is 0. The normalized spacial score (nSPS) is 28.5. The van der Waals surface area contributed by atoms with E-state index in [1.165, 1.54) is 0 Å². The zero-order valence-corrected chi connectivity index (χ0v) is 6.79. The second-order valence-corrected chi connectivity index (χ2v) is 3.38. The summed E-state index contributed by atoms with van der Waals surface area (Å²) in [5.41, 5.74) is 0. The summed E-state index contributed by atoms with van der Waals surface area (Å²) >= 11 is 1.08. The second-order valence-electron chi connectivity index (χ2n) is 2.35. The summed E-state index contributed by atoms with van der Waals surface area (Å²) in [7, 11) is 1.13. The number of rotatable bonds is 1. The third kappa shape index (κ3) is 1.64. The zero-order chi connectivity index (χ0) is 8.48. The maximum absolute atomic E-state index is 12.7. The third-order valence-corrected chi connectivity index (χ3v) is 2.73. The van der Waals surface area contributed by atoms with Gasteiger partial charge in [-0.1, -0.05) is 0 Å². The molecule has 2 nitrogen and oxygen atoms in total. The predicted molar refractivity (Wildman–Crippen MR) is 37.8 cm³/mol. The molecule has 0 amide bonds. The van der Waals surface area contributed by atoms with Crippen LogP contribution in [0.1, 0.15) is 0 Å². The van der Waals surface area contributed by atoms with Crippen molar-refractivity contribution in [2.24, 2.45) is 5.92 Å². The van der Waals surface area contributed by atoms with Crippen molar-refractivity contribution in [1.82, 2.24) is 0 Å². The van der Waals surface area contributed by atoms with Crippen LogP contribution < -0.4 is 0 Å². The molecular weight excluding hydrogens is 174 g/mol. The standard InChI is InChI=1S/C6H8F2O2S/c1-10-5(9)4-2-11-3-6(4,7)8/h4H,2-3H2,1H3. The van der Waals surface area contributed by atoms with Crippen molar-refractivity contribution in [2.75, 3.05) is 18.6 Å². The Hall–Kier alpha value is -0.320. The predicted octanol–water partition coefficient (Wildman–Crippen LogP) is 1.16. The van der Waals surface area contributed by atoms with E-state index in [0.717, 1.165) is 18.9 Å². The van der Waals surface area contributed by atoms with Crippen molar-refractivity contribution in [3.05, 3.63) is 0 Å². The van der Waals surface area contributed by atoms with Crippen LogP contribution >= 0.6 is 11.8 Å². The summed E-state index contributed by atoms with van der Waals surface area (Å²) in [5, 5.41) is 0. The second kappa shape index (κ2) is 2.97. The number of halogens is 2. The number of carbonyl (C=O) groups is 1. The number of carbonyl (C=O) groups excluding carboxylic acids is 1. The lowest BCUT2D eigenvalue weighted by Gasteiger charge is -2.14. The molecule has 1 fully saturated rings. The highest BCUT2D eigenvalue weighted by atomic mass is 32.2. The average Bonchev–Trinajstić information content (AvgIpc) is 2.28. The van der Waals surface area contributed by atoms with Gasteiger partial charge in [0.15, 0.2) is 0 Å². The van der Waals surface area contributed by atoms with Gasteiger partial charge in [-0.25, -0.2) is 8.78 Å². The van der Waals surface area contributed by atoms with Gasteiger partial charge in [0.05, 0.1) is 12.9 Å². The molecule has 0 aromatic rings. The quantitative estimate of drug-likeness (QED) is 0.569. The van der Waals surface area contributed by atoms with Crippen LogP contribution in [0, 0.1) is 5.92 Å². The topological polar surface area (TPSA) is 26.3 Å². The number of esters is 1. The molecule has 1 aliphatic rings. The average molecular weight is 182 g/mol. The summed E-state index contributed by atoms with van der Waals surface area (Å²) in [4.78, 5) is 10.7. The number of alkyl halides is 2. The Balaban J connectivity index is 2.64. The lowest BCUT2D eigenvalue weighted by Crippen LogP contribution is -2.33. The summed E-state index contributed by atoms with van der Waals surface area (Å²) in [5.74, 6) is -5.03. The highest BCUT2D eigenvalue weighted by molar-refractivity contribution is 7.99. The maximum Gasteiger partial charge on any atom is 0.315 e. The first-order valence-corrected chi connectivity index (χ1v) is 4.27. The molecule has 0 aromatic heterocycles. The van der Waals surface area contributed by atoms with Gasteiger partial charge >= 0.3 is 5.97 Å². The number of hydrogen-bond acceptors (Lipinski definition) is 3. The first-order chi connectivity index (χ1) is 5.08.